The van der Waals surface area contributed by atoms with Crippen LogP contribution in [0.2, 0.25) is 0 Å². The fraction of sp³-hybridized carbons (Fsp3) is 0.182. The van der Waals surface area contributed by atoms with Gasteiger partial charge in [0.2, 0.25) is 5.13 Å². The average molecular weight is 264 g/mol. The van der Waals surface area contributed by atoms with Crippen molar-refractivity contribution in [3.05, 3.63) is 34.8 Å². The Hall–Kier alpha value is -1.99. The van der Waals surface area contributed by atoms with Crippen molar-refractivity contribution in [3.63, 3.8) is 0 Å². The summed E-state index contributed by atoms with van der Waals surface area (Å²) in [5.74, 6) is -0.401. The van der Waals surface area contributed by atoms with Crippen molar-refractivity contribution in [2.75, 3.05) is 12.4 Å². The minimum Gasteiger partial charge on any atom is -0.465 e. The lowest BCUT2D eigenvalue weighted by molar-refractivity contribution is 0.0602. The second-order valence-corrected chi connectivity index (χ2v) is 4.43. The molecule has 0 aliphatic carbocycles. The molecule has 1 aromatic heterocycles. The molecule has 0 saturated carbocycles. The predicted octanol–water partition coefficient (Wildman–Crippen LogP) is 1.53. The Kier molecular flexibility index (Phi) is 3.85. The van der Waals surface area contributed by atoms with Crippen LogP contribution in [0, 0.1) is 0 Å². The van der Waals surface area contributed by atoms with Gasteiger partial charge in [-0.2, -0.15) is 0 Å². The van der Waals surface area contributed by atoms with E-state index in [1.54, 1.807) is 18.2 Å². The molecular weight excluding hydrogens is 252 g/mol. The lowest BCUT2D eigenvalue weighted by Gasteiger charge is -2.07. The molecule has 0 bridgehead atoms. The summed E-state index contributed by atoms with van der Waals surface area (Å²) in [4.78, 5) is 11.6. The van der Waals surface area contributed by atoms with Crippen molar-refractivity contribution in [3.8, 4) is 0 Å². The Morgan fingerprint density at radius 3 is 2.89 bits per heavy atom. The van der Waals surface area contributed by atoms with Crippen LogP contribution in [0.5, 0.6) is 0 Å². The van der Waals surface area contributed by atoms with Crippen LogP contribution in [-0.4, -0.2) is 23.3 Å². The fourth-order valence-corrected chi connectivity index (χ4v) is 2.01. The van der Waals surface area contributed by atoms with E-state index in [1.165, 1.54) is 18.4 Å². The summed E-state index contributed by atoms with van der Waals surface area (Å²) in [6, 6.07) is 7.04. The Bertz CT molecular complexity index is 555. The normalized spacial score (nSPS) is 10.1. The highest BCUT2D eigenvalue weighted by atomic mass is 32.1. The molecule has 0 spiro atoms. The van der Waals surface area contributed by atoms with Crippen molar-refractivity contribution >= 4 is 28.1 Å². The van der Waals surface area contributed by atoms with Gasteiger partial charge in [-0.15, -0.1) is 10.2 Å². The van der Waals surface area contributed by atoms with E-state index in [-0.39, 0.29) is 0 Å². The van der Waals surface area contributed by atoms with Gasteiger partial charge in [0.05, 0.1) is 18.4 Å². The third-order valence-corrected chi connectivity index (χ3v) is 3.08. The van der Waals surface area contributed by atoms with Gasteiger partial charge < -0.3 is 15.8 Å². The molecule has 0 aliphatic heterocycles. The van der Waals surface area contributed by atoms with Gasteiger partial charge in [-0.25, -0.2) is 4.79 Å². The number of nitrogens with two attached hydrogens (primary N) is 1. The number of nitrogens with zero attached hydrogens (tertiary/aromatic N) is 2. The molecular formula is C11H12N4O2S. The maximum atomic E-state index is 11.6. The number of anilines is 2. The Labute approximate surface area is 108 Å². The first-order valence-electron chi connectivity index (χ1n) is 5.21. The molecule has 0 aliphatic rings. The molecule has 0 saturated heterocycles. The lowest BCUT2D eigenvalue weighted by atomic mass is 10.2. The van der Waals surface area contributed by atoms with Gasteiger partial charge in [0, 0.05) is 6.54 Å². The van der Waals surface area contributed by atoms with E-state index in [4.69, 9.17) is 10.5 Å². The van der Waals surface area contributed by atoms with E-state index in [1.807, 2.05) is 6.07 Å². The molecule has 2 rings (SSSR count). The summed E-state index contributed by atoms with van der Waals surface area (Å²) >= 11 is 1.35. The van der Waals surface area contributed by atoms with Gasteiger partial charge in [-0.05, 0) is 12.1 Å². The first-order chi connectivity index (χ1) is 8.74. The van der Waals surface area contributed by atoms with Gasteiger partial charge in [0.1, 0.15) is 5.01 Å². The summed E-state index contributed by atoms with van der Waals surface area (Å²) in [5.41, 5.74) is 6.54. The van der Waals surface area contributed by atoms with Crippen LogP contribution in [0.4, 0.5) is 10.8 Å². The number of nitrogens with one attached hydrogen (secondary N) is 1. The summed E-state index contributed by atoms with van der Waals surface area (Å²) in [7, 11) is 1.34. The van der Waals surface area contributed by atoms with Gasteiger partial charge in [0.15, 0.2) is 0 Å². The zero-order valence-electron chi connectivity index (χ0n) is 9.71. The SMILES string of the molecule is COC(=O)c1ccccc1Nc1nnc(CN)s1. The molecule has 2 aromatic rings. The number of benzene rings is 1. The van der Waals surface area contributed by atoms with Gasteiger partial charge in [0.25, 0.3) is 0 Å². The predicted molar refractivity (Wildman–Crippen MR) is 68.9 cm³/mol. The first kappa shape index (κ1) is 12.5. The summed E-state index contributed by atoms with van der Waals surface area (Å²) < 4.78 is 4.71. The van der Waals surface area contributed by atoms with Gasteiger partial charge in [-0.1, -0.05) is 23.5 Å². The minimum absolute atomic E-state index is 0.345. The number of rotatable bonds is 4. The summed E-state index contributed by atoms with van der Waals surface area (Å²) in [6.45, 7) is 0.345. The van der Waals surface area contributed by atoms with E-state index in [0.717, 1.165) is 5.01 Å². The van der Waals surface area contributed by atoms with Crippen LogP contribution in [0.1, 0.15) is 15.4 Å². The van der Waals surface area contributed by atoms with Crippen molar-refractivity contribution < 1.29 is 9.53 Å². The highest BCUT2D eigenvalue weighted by molar-refractivity contribution is 7.15. The molecule has 0 atom stereocenters. The van der Waals surface area contributed by atoms with E-state index in [2.05, 4.69) is 15.5 Å². The van der Waals surface area contributed by atoms with Crippen LogP contribution in [-0.2, 0) is 11.3 Å². The fourth-order valence-electron chi connectivity index (χ4n) is 1.38. The molecule has 0 amide bonds. The quantitative estimate of drug-likeness (QED) is 0.814. The van der Waals surface area contributed by atoms with Crippen molar-refractivity contribution in [2.24, 2.45) is 5.73 Å². The van der Waals surface area contributed by atoms with Crippen LogP contribution in [0.15, 0.2) is 24.3 Å². The Morgan fingerprint density at radius 1 is 1.44 bits per heavy atom. The molecule has 7 heteroatoms. The number of ether oxygens (including phenoxy) is 1. The first-order valence-corrected chi connectivity index (χ1v) is 6.03. The monoisotopic (exact) mass is 264 g/mol. The number of carbonyl (C=O) groups excluding carboxylic acids is 1. The number of hydrogen-bond acceptors (Lipinski definition) is 7. The number of hydrogen-bond donors (Lipinski definition) is 2. The van der Waals surface area contributed by atoms with E-state index < -0.39 is 5.97 Å². The van der Waals surface area contributed by atoms with Crippen molar-refractivity contribution in [2.45, 2.75) is 6.54 Å². The second-order valence-electron chi connectivity index (χ2n) is 3.37. The molecule has 18 heavy (non-hydrogen) atoms. The van der Waals surface area contributed by atoms with E-state index in [0.29, 0.717) is 22.9 Å². The third-order valence-electron chi connectivity index (χ3n) is 2.22. The highest BCUT2D eigenvalue weighted by Gasteiger charge is 2.12. The van der Waals surface area contributed by atoms with Crippen LogP contribution in [0.3, 0.4) is 0 Å². The summed E-state index contributed by atoms with van der Waals surface area (Å²) in [6.07, 6.45) is 0. The van der Waals surface area contributed by atoms with Crippen molar-refractivity contribution in [1.29, 1.82) is 0 Å². The van der Waals surface area contributed by atoms with E-state index in [9.17, 15) is 4.79 Å². The van der Waals surface area contributed by atoms with Crippen LogP contribution < -0.4 is 11.1 Å². The third kappa shape index (κ3) is 2.63. The Morgan fingerprint density at radius 2 is 2.22 bits per heavy atom. The number of para-hydroxylation sites is 1. The van der Waals surface area contributed by atoms with Crippen LogP contribution >= 0.6 is 11.3 Å². The molecule has 94 valence electrons. The number of carbonyl (C=O) groups is 1. The maximum Gasteiger partial charge on any atom is 0.339 e. The zero-order chi connectivity index (χ0) is 13.0. The topological polar surface area (TPSA) is 90.1 Å². The minimum atomic E-state index is -0.401. The number of esters is 1. The highest BCUT2D eigenvalue weighted by Crippen LogP contribution is 2.23. The van der Waals surface area contributed by atoms with Gasteiger partial charge in [-0.3, -0.25) is 0 Å². The summed E-state index contributed by atoms with van der Waals surface area (Å²) in [5, 5.41) is 12.2. The lowest BCUT2D eigenvalue weighted by Crippen LogP contribution is -2.05. The average Bonchev–Trinajstić information content (AvgIpc) is 2.86. The largest absolute Gasteiger partial charge is 0.465 e. The molecule has 1 heterocycles. The molecule has 1 aromatic carbocycles. The molecule has 0 fully saturated rings. The number of aromatic nitrogens is 2. The standard InChI is InChI=1S/C11H12N4O2S/c1-17-10(16)7-4-2-3-5-8(7)13-11-15-14-9(6-12)18-11/h2-5H,6,12H2,1H3,(H,13,15). The smallest absolute Gasteiger partial charge is 0.339 e. The molecule has 3 N–H and O–H groups in total. The second kappa shape index (κ2) is 5.56. The molecule has 6 nitrogen and oxygen atoms in total. The van der Waals surface area contributed by atoms with Gasteiger partial charge >= 0.3 is 5.97 Å². The molecule has 0 unspecified atom stereocenters. The Balaban J connectivity index is 2.25. The van der Waals surface area contributed by atoms with Crippen molar-refractivity contribution in [1.82, 2.24) is 10.2 Å². The van der Waals surface area contributed by atoms with E-state index >= 15 is 0 Å². The zero-order valence-corrected chi connectivity index (χ0v) is 10.5. The maximum absolute atomic E-state index is 11.6. The molecule has 0 radical (unpaired) electrons. The van der Waals surface area contributed by atoms with Crippen LogP contribution in [0.25, 0.3) is 0 Å². The number of methoxy groups -OCH3 is 1.